The summed E-state index contributed by atoms with van der Waals surface area (Å²) >= 11 is 0. The summed E-state index contributed by atoms with van der Waals surface area (Å²) in [5, 5.41) is 8.57. The third-order valence-electron chi connectivity index (χ3n) is 2.72. The minimum Gasteiger partial charge on any atom is -0.497 e. The van der Waals surface area contributed by atoms with Crippen molar-refractivity contribution in [3.05, 3.63) is 23.3 Å². The fraction of sp³-hybridized carbons (Fsp3) is 0.462. The molecule has 0 atom stereocenters. The Morgan fingerprint density at radius 2 is 1.90 bits per heavy atom. The van der Waals surface area contributed by atoms with Crippen molar-refractivity contribution in [2.45, 2.75) is 25.4 Å². The average Bonchev–Trinajstić information content (AvgIpc) is 2.36. The van der Waals surface area contributed by atoms with Crippen molar-refractivity contribution < 1.29 is 32.5 Å². The highest BCUT2D eigenvalue weighted by Crippen LogP contribution is 2.41. The van der Waals surface area contributed by atoms with Gasteiger partial charge in [0, 0.05) is 6.42 Å². The van der Waals surface area contributed by atoms with E-state index in [1.54, 1.807) is 0 Å². The van der Waals surface area contributed by atoms with E-state index in [2.05, 4.69) is 0 Å². The van der Waals surface area contributed by atoms with Crippen LogP contribution < -0.4 is 9.47 Å². The first-order valence-electron chi connectivity index (χ1n) is 5.83. The Morgan fingerprint density at radius 1 is 1.25 bits per heavy atom. The van der Waals surface area contributed by atoms with Gasteiger partial charge in [-0.25, -0.2) is 0 Å². The van der Waals surface area contributed by atoms with Gasteiger partial charge in [0.25, 0.3) is 0 Å². The lowest BCUT2D eigenvalue weighted by Gasteiger charge is -2.17. The molecule has 0 aliphatic heterocycles. The van der Waals surface area contributed by atoms with Crippen molar-refractivity contribution in [1.29, 1.82) is 0 Å². The number of hydrogen-bond donors (Lipinski definition) is 1. The Morgan fingerprint density at radius 3 is 2.35 bits per heavy atom. The Kier molecular flexibility index (Phi) is 5.24. The van der Waals surface area contributed by atoms with E-state index < -0.39 is 17.7 Å². The maximum atomic E-state index is 13.0. The fourth-order valence-electron chi connectivity index (χ4n) is 1.84. The standard InChI is InChI=1S/C13H15F3O4/c1-19-9-6-8(4-3-5-11(17)18)12(20-2)10(7-9)13(14,15)16/h6-7H,3-5H2,1-2H3,(H,17,18). The number of alkyl halides is 3. The van der Waals surface area contributed by atoms with Crippen molar-refractivity contribution in [3.63, 3.8) is 0 Å². The Labute approximate surface area is 114 Å². The number of aryl methyl sites for hydroxylation is 1. The molecule has 0 aromatic heterocycles. The molecule has 0 aliphatic carbocycles. The molecule has 0 aliphatic rings. The lowest BCUT2D eigenvalue weighted by Crippen LogP contribution is -2.10. The Balaban J connectivity index is 3.16. The van der Waals surface area contributed by atoms with Gasteiger partial charge < -0.3 is 14.6 Å². The van der Waals surface area contributed by atoms with Crippen LogP contribution >= 0.6 is 0 Å². The monoisotopic (exact) mass is 292 g/mol. The van der Waals surface area contributed by atoms with Crippen molar-refractivity contribution in [2.75, 3.05) is 14.2 Å². The molecule has 0 heterocycles. The minimum atomic E-state index is -4.57. The predicted octanol–water partition coefficient (Wildman–Crippen LogP) is 3.13. The van der Waals surface area contributed by atoms with Gasteiger partial charge in [0.1, 0.15) is 17.1 Å². The van der Waals surface area contributed by atoms with E-state index in [0.29, 0.717) is 0 Å². The molecular formula is C13H15F3O4. The van der Waals surface area contributed by atoms with Crippen molar-refractivity contribution in [1.82, 2.24) is 0 Å². The number of ether oxygens (including phenoxy) is 2. The highest BCUT2D eigenvalue weighted by atomic mass is 19.4. The molecule has 0 saturated heterocycles. The zero-order chi connectivity index (χ0) is 15.3. The second kappa shape index (κ2) is 6.49. The highest BCUT2D eigenvalue weighted by Gasteiger charge is 2.36. The van der Waals surface area contributed by atoms with Gasteiger partial charge >= 0.3 is 12.1 Å². The molecule has 4 nitrogen and oxygen atoms in total. The molecule has 1 rings (SSSR count). The molecule has 1 aromatic carbocycles. The molecule has 0 unspecified atom stereocenters. The van der Waals surface area contributed by atoms with E-state index in [9.17, 15) is 18.0 Å². The quantitative estimate of drug-likeness (QED) is 0.875. The van der Waals surface area contributed by atoms with Crippen LogP contribution in [-0.4, -0.2) is 25.3 Å². The van der Waals surface area contributed by atoms with Crippen LogP contribution in [0.15, 0.2) is 12.1 Å². The number of benzene rings is 1. The topological polar surface area (TPSA) is 55.8 Å². The number of carboxylic acids is 1. The van der Waals surface area contributed by atoms with E-state index in [0.717, 1.165) is 13.2 Å². The smallest absolute Gasteiger partial charge is 0.420 e. The second-order valence-corrected chi connectivity index (χ2v) is 4.11. The minimum absolute atomic E-state index is 0.0587. The summed E-state index contributed by atoms with van der Waals surface area (Å²) in [6.07, 6.45) is -4.31. The van der Waals surface area contributed by atoms with E-state index in [4.69, 9.17) is 14.6 Å². The largest absolute Gasteiger partial charge is 0.497 e. The Bertz CT molecular complexity index is 483. The van der Waals surface area contributed by atoms with Gasteiger partial charge in [-0.05, 0) is 30.5 Å². The van der Waals surface area contributed by atoms with Gasteiger partial charge in [0.05, 0.1) is 14.2 Å². The van der Waals surface area contributed by atoms with Crippen LogP contribution in [0.1, 0.15) is 24.0 Å². The summed E-state index contributed by atoms with van der Waals surface area (Å²) in [5.74, 6) is -1.23. The molecule has 0 amide bonds. The normalized spacial score (nSPS) is 11.2. The molecule has 20 heavy (non-hydrogen) atoms. The number of carbonyl (C=O) groups is 1. The van der Waals surface area contributed by atoms with Crippen molar-refractivity contribution >= 4 is 5.97 Å². The number of aliphatic carboxylic acids is 1. The molecule has 7 heteroatoms. The van der Waals surface area contributed by atoms with Gasteiger partial charge in [-0.1, -0.05) is 0 Å². The van der Waals surface area contributed by atoms with Crippen LogP contribution in [0.25, 0.3) is 0 Å². The first-order valence-corrected chi connectivity index (χ1v) is 5.83. The Hall–Kier alpha value is -1.92. The lowest BCUT2D eigenvalue weighted by molar-refractivity contribution is -0.139. The number of methoxy groups -OCH3 is 2. The zero-order valence-electron chi connectivity index (χ0n) is 11.1. The van der Waals surface area contributed by atoms with E-state index in [-0.39, 0.29) is 36.3 Å². The molecule has 1 aromatic rings. The maximum Gasteiger partial charge on any atom is 0.420 e. The third kappa shape index (κ3) is 4.04. The summed E-state index contributed by atoms with van der Waals surface area (Å²) in [6.45, 7) is 0. The van der Waals surface area contributed by atoms with Gasteiger partial charge in [-0.15, -0.1) is 0 Å². The summed E-state index contributed by atoms with van der Waals surface area (Å²) in [4.78, 5) is 10.5. The predicted molar refractivity (Wildman–Crippen MR) is 65.1 cm³/mol. The van der Waals surface area contributed by atoms with Crippen LogP contribution in [0, 0.1) is 0 Å². The number of rotatable bonds is 6. The number of carboxylic acid groups (broad SMARTS) is 1. The zero-order valence-corrected chi connectivity index (χ0v) is 11.1. The van der Waals surface area contributed by atoms with E-state index in [1.165, 1.54) is 13.2 Å². The maximum absolute atomic E-state index is 13.0. The SMILES string of the molecule is COc1cc(CCCC(=O)O)c(OC)c(C(F)(F)F)c1. The van der Waals surface area contributed by atoms with Crippen molar-refractivity contribution in [2.24, 2.45) is 0 Å². The van der Waals surface area contributed by atoms with Crippen LogP contribution in [0.4, 0.5) is 13.2 Å². The number of halogens is 3. The molecule has 0 saturated carbocycles. The highest BCUT2D eigenvalue weighted by molar-refractivity contribution is 5.66. The van der Waals surface area contributed by atoms with Gasteiger partial charge in [-0.2, -0.15) is 13.2 Å². The summed E-state index contributed by atoms with van der Waals surface area (Å²) in [6, 6.07) is 2.29. The van der Waals surface area contributed by atoms with E-state index in [1.807, 2.05) is 0 Å². The van der Waals surface area contributed by atoms with Gasteiger partial charge in [-0.3, -0.25) is 4.79 Å². The van der Waals surface area contributed by atoms with Crippen LogP contribution in [0.3, 0.4) is 0 Å². The lowest BCUT2D eigenvalue weighted by atomic mass is 10.0. The fourth-order valence-corrected chi connectivity index (χ4v) is 1.84. The third-order valence-corrected chi connectivity index (χ3v) is 2.72. The molecule has 0 bridgehead atoms. The van der Waals surface area contributed by atoms with Crippen LogP contribution in [0.2, 0.25) is 0 Å². The van der Waals surface area contributed by atoms with Crippen LogP contribution in [0.5, 0.6) is 11.5 Å². The molecule has 1 N–H and O–H groups in total. The first-order chi connectivity index (χ1) is 9.29. The molecular weight excluding hydrogens is 277 g/mol. The van der Waals surface area contributed by atoms with Crippen molar-refractivity contribution in [3.8, 4) is 11.5 Å². The molecule has 112 valence electrons. The van der Waals surface area contributed by atoms with E-state index >= 15 is 0 Å². The molecule has 0 radical (unpaired) electrons. The van der Waals surface area contributed by atoms with Gasteiger partial charge in [0.15, 0.2) is 0 Å². The summed E-state index contributed by atoms with van der Waals surface area (Å²) in [7, 11) is 2.42. The first kappa shape index (κ1) is 16.1. The summed E-state index contributed by atoms with van der Waals surface area (Å²) in [5.41, 5.74) is -0.648. The second-order valence-electron chi connectivity index (χ2n) is 4.11. The summed E-state index contributed by atoms with van der Waals surface area (Å²) < 4.78 is 48.5. The van der Waals surface area contributed by atoms with Crippen LogP contribution in [-0.2, 0) is 17.4 Å². The number of hydrogen-bond acceptors (Lipinski definition) is 3. The molecule has 0 fully saturated rings. The average molecular weight is 292 g/mol. The van der Waals surface area contributed by atoms with Gasteiger partial charge in [0.2, 0.25) is 0 Å². The molecule has 0 spiro atoms.